The SMILES string of the molecule is C#C/C(C=NCC(C)C1CCC2C3CCC4(C)CC(C)C(C)CC4C3CCC12C)=C/N. The molecule has 0 aromatic heterocycles. The van der Waals surface area contributed by atoms with Gasteiger partial charge in [-0.05, 0) is 110 Å². The Balaban J connectivity index is 1.47. The quantitative estimate of drug-likeness (QED) is 0.397. The molecule has 0 radical (unpaired) electrons. The van der Waals surface area contributed by atoms with Crippen LogP contribution in [-0.2, 0) is 0 Å². The summed E-state index contributed by atoms with van der Waals surface area (Å²) in [5, 5.41) is 0. The first-order chi connectivity index (χ1) is 14.7. The molecule has 4 fully saturated rings. The summed E-state index contributed by atoms with van der Waals surface area (Å²) < 4.78 is 0. The first-order valence-corrected chi connectivity index (χ1v) is 13.1. The van der Waals surface area contributed by atoms with Crippen LogP contribution >= 0.6 is 0 Å². The average Bonchev–Trinajstić information content (AvgIpc) is 3.09. The summed E-state index contributed by atoms with van der Waals surface area (Å²) in [6, 6.07) is 0. The van der Waals surface area contributed by atoms with E-state index in [-0.39, 0.29) is 0 Å². The monoisotopic (exact) mass is 422 g/mol. The second kappa shape index (κ2) is 8.61. The predicted octanol–water partition coefficient (Wildman–Crippen LogP) is 6.71. The molecule has 4 saturated carbocycles. The smallest absolute Gasteiger partial charge is 0.0575 e. The normalized spacial score (nSPS) is 48.5. The van der Waals surface area contributed by atoms with E-state index in [0.717, 1.165) is 48.0 Å². The molecule has 2 N–H and O–H groups in total. The highest BCUT2D eigenvalue weighted by Gasteiger charge is 2.59. The number of allylic oxidation sites excluding steroid dienone is 1. The zero-order valence-corrected chi connectivity index (χ0v) is 20.7. The lowest BCUT2D eigenvalue weighted by Gasteiger charge is -2.61. The van der Waals surface area contributed by atoms with Crippen molar-refractivity contribution < 1.29 is 0 Å². The minimum absolute atomic E-state index is 0.510. The van der Waals surface area contributed by atoms with E-state index in [1.54, 1.807) is 6.21 Å². The summed E-state index contributed by atoms with van der Waals surface area (Å²) in [7, 11) is 0. The summed E-state index contributed by atoms with van der Waals surface area (Å²) in [5.74, 6) is 9.72. The van der Waals surface area contributed by atoms with Gasteiger partial charge in [-0.25, -0.2) is 0 Å². The van der Waals surface area contributed by atoms with Crippen LogP contribution in [0.4, 0.5) is 0 Å². The molecule has 4 rings (SSSR count). The molecule has 4 aliphatic carbocycles. The number of aliphatic imine (C=N–C) groups is 1. The molecule has 10 atom stereocenters. The number of hydrogen-bond donors (Lipinski definition) is 1. The van der Waals surface area contributed by atoms with Crippen LogP contribution in [0.1, 0.15) is 86.0 Å². The molecule has 0 spiro atoms. The van der Waals surface area contributed by atoms with E-state index < -0.39 is 0 Å². The molecule has 10 unspecified atom stereocenters. The van der Waals surface area contributed by atoms with Gasteiger partial charge in [-0.1, -0.05) is 40.5 Å². The Labute approximate surface area is 191 Å². The highest BCUT2D eigenvalue weighted by Crippen LogP contribution is 2.68. The van der Waals surface area contributed by atoms with Crippen molar-refractivity contribution in [2.75, 3.05) is 6.54 Å². The van der Waals surface area contributed by atoms with Gasteiger partial charge in [-0.15, -0.1) is 6.42 Å². The van der Waals surface area contributed by atoms with Crippen molar-refractivity contribution in [2.45, 2.75) is 86.0 Å². The van der Waals surface area contributed by atoms with Crippen LogP contribution in [-0.4, -0.2) is 12.8 Å². The molecule has 0 heterocycles. The summed E-state index contributed by atoms with van der Waals surface area (Å²) in [6.07, 6.45) is 20.4. The molecule has 0 bridgehead atoms. The molecule has 4 aliphatic rings. The second-order valence-corrected chi connectivity index (χ2v) is 12.6. The lowest BCUT2D eigenvalue weighted by molar-refractivity contribution is -0.115. The van der Waals surface area contributed by atoms with E-state index in [4.69, 9.17) is 12.2 Å². The van der Waals surface area contributed by atoms with E-state index in [0.29, 0.717) is 22.3 Å². The van der Waals surface area contributed by atoms with Gasteiger partial charge in [0.1, 0.15) is 0 Å². The van der Waals surface area contributed by atoms with E-state index >= 15 is 0 Å². The number of nitrogens with zero attached hydrogens (tertiary/aromatic N) is 1. The van der Waals surface area contributed by atoms with Gasteiger partial charge in [-0.2, -0.15) is 0 Å². The van der Waals surface area contributed by atoms with Crippen LogP contribution in [0.25, 0.3) is 0 Å². The number of terminal acetylenes is 1. The molecular weight excluding hydrogens is 376 g/mol. The summed E-state index contributed by atoms with van der Waals surface area (Å²) >= 11 is 0. The lowest BCUT2D eigenvalue weighted by Crippen LogP contribution is -2.53. The zero-order chi connectivity index (χ0) is 22.4. The fourth-order valence-electron chi connectivity index (χ4n) is 9.26. The largest absolute Gasteiger partial charge is 0.404 e. The van der Waals surface area contributed by atoms with Crippen molar-refractivity contribution >= 4 is 6.21 Å². The van der Waals surface area contributed by atoms with Crippen LogP contribution in [0.3, 0.4) is 0 Å². The van der Waals surface area contributed by atoms with Crippen LogP contribution in [0.5, 0.6) is 0 Å². The molecule has 172 valence electrons. The molecule has 0 amide bonds. The molecule has 0 saturated heterocycles. The Kier molecular flexibility index (Phi) is 6.37. The minimum atomic E-state index is 0.510. The third-order valence-electron chi connectivity index (χ3n) is 11.1. The fraction of sp³-hybridized carbons (Fsp3) is 0.828. The van der Waals surface area contributed by atoms with E-state index in [1.807, 2.05) is 0 Å². The first kappa shape index (κ1) is 22.9. The second-order valence-electron chi connectivity index (χ2n) is 12.6. The number of rotatable bonds is 4. The van der Waals surface area contributed by atoms with Gasteiger partial charge in [0.15, 0.2) is 0 Å². The first-order valence-electron chi connectivity index (χ1n) is 13.1. The Morgan fingerprint density at radius 2 is 1.81 bits per heavy atom. The maximum absolute atomic E-state index is 5.57. The van der Waals surface area contributed by atoms with Gasteiger partial charge in [0.2, 0.25) is 0 Å². The number of nitrogens with two attached hydrogens (primary N) is 1. The van der Waals surface area contributed by atoms with Crippen LogP contribution < -0.4 is 5.73 Å². The predicted molar refractivity (Wildman–Crippen MR) is 133 cm³/mol. The molecule has 0 aromatic carbocycles. The maximum Gasteiger partial charge on any atom is 0.0575 e. The zero-order valence-electron chi connectivity index (χ0n) is 20.7. The van der Waals surface area contributed by atoms with Crippen molar-refractivity contribution in [3.63, 3.8) is 0 Å². The van der Waals surface area contributed by atoms with E-state index in [1.165, 1.54) is 57.6 Å². The van der Waals surface area contributed by atoms with Crippen LogP contribution in [0, 0.1) is 70.5 Å². The summed E-state index contributed by atoms with van der Waals surface area (Å²) in [4.78, 5) is 4.67. The highest BCUT2D eigenvalue weighted by atomic mass is 14.7. The Morgan fingerprint density at radius 1 is 1.10 bits per heavy atom. The molecule has 0 aromatic rings. The van der Waals surface area contributed by atoms with Gasteiger partial charge in [-0.3, -0.25) is 4.99 Å². The Morgan fingerprint density at radius 3 is 2.52 bits per heavy atom. The van der Waals surface area contributed by atoms with E-state index in [9.17, 15) is 0 Å². The third-order valence-corrected chi connectivity index (χ3v) is 11.1. The van der Waals surface area contributed by atoms with Gasteiger partial charge in [0.05, 0.1) is 5.57 Å². The molecule has 0 aliphatic heterocycles. The third kappa shape index (κ3) is 3.89. The Bertz CT molecular complexity index is 759. The van der Waals surface area contributed by atoms with Gasteiger partial charge in [0.25, 0.3) is 0 Å². The average molecular weight is 423 g/mol. The summed E-state index contributed by atoms with van der Waals surface area (Å²) in [6.45, 7) is 13.6. The van der Waals surface area contributed by atoms with Crippen LogP contribution in [0.15, 0.2) is 16.8 Å². The van der Waals surface area contributed by atoms with Gasteiger partial charge in [0, 0.05) is 19.0 Å². The van der Waals surface area contributed by atoms with Crippen molar-refractivity contribution in [3.05, 3.63) is 11.8 Å². The summed E-state index contributed by atoms with van der Waals surface area (Å²) in [5.41, 5.74) is 7.38. The highest BCUT2D eigenvalue weighted by molar-refractivity contribution is 5.84. The van der Waals surface area contributed by atoms with Gasteiger partial charge < -0.3 is 5.73 Å². The van der Waals surface area contributed by atoms with Crippen molar-refractivity contribution in [1.82, 2.24) is 0 Å². The van der Waals surface area contributed by atoms with Crippen molar-refractivity contribution in [1.29, 1.82) is 0 Å². The topological polar surface area (TPSA) is 38.4 Å². The molecule has 2 nitrogen and oxygen atoms in total. The molecule has 2 heteroatoms. The van der Waals surface area contributed by atoms with Crippen molar-refractivity contribution in [2.24, 2.45) is 68.9 Å². The Hall–Kier alpha value is -1.23. The fourth-order valence-corrected chi connectivity index (χ4v) is 9.26. The minimum Gasteiger partial charge on any atom is -0.404 e. The van der Waals surface area contributed by atoms with Crippen molar-refractivity contribution in [3.8, 4) is 12.3 Å². The number of hydrogen-bond acceptors (Lipinski definition) is 2. The number of fused-ring (bicyclic) bond motifs is 5. The van der Waals surface area contributed by atoms with Crippen LogP contribution in [0.2, 0.25) is 0 Å². The maximum atomic E-state index is 5.57. The van der Waals surface area contributed by atoms with Gasteiger partial charge >= 0.3 is 0 Å². The standard InChI is InChI=1S/C29H46N2/c1-7-22(16-30)18-31-17-21(4)25-8-9-26-23-10-12-28(5)15-20(3)19(2)14-27(28)24(23)11-13-29(25,26)6/h1,16,18-21,23-27H,8-15,17,30H2,2-6H3/b22-16-,31-18?. The lowest BCUT2D eigenvalue weighted by atomic mass is 9.44. The molecular formula is C29H46N2. The van der Waals surface area contributed by atoms with E-state index in [2.05, 4.69) is 45.5 Å². The molecule has 31 heavy (non-hydrogen) atoms.